The Morgan fingerprint density at radius 3 is 2.31 bits per heavy atom. The molecule has 2 heterocycles. The van der Waals surface area contributed by atoms with Crippen molar-refractivity contribution in [2.75, 3.05) is 45.1 Å². The number of amides is 1. The largest absolute Gasteiger partial charge is 0.492 e. The lowest BCUT2D eigenvalue weighted by atomic mass is 9.99. The van der Waals surface area contributed by atoms with Gasteiger partial charge in [-0.15, -0.1) is 0 Å². The number of hydrogen-bond acceptors (Lipinski definition) is 6. The van der Waals surface area contributed by atoms with Gasteiger partial charge in [0.25, 0.3) is 0 Å². The molecule has 2 fully saturated rings. The van der Waals surface area contributed by atoms with Crippen molar-refractivity contribution < 1.29 is 26.4 Å². The first-order valence-corrected chi connectivity index (χ1v) is 14.3. The molecular weight excluding hydrogens is 454 g/mol. The van der Waals surface area contributed by atoms with Crippen molar-refractivity contribution >= 4 is 26.0 Å². The summed E-state index contributed by atoms with van der Waals surface area (Å²) in [6, 6.07) is 6.33. The average Bonchev–Trinajstić information content (AvgIpc) is 2.82. The van der Waals surface area contributed by atoms with E-state index in [-0.39, 0.29) is 42.2 Å². The molecule has 1 aromatic carbocycles. The normalized spacial score (nSPS) is 21.2. The van der Waals surface area contributed by atoms with Gasteiger partial charge in [-0.3, -0.25) is 4.79 Å². The molecule has 2 saturated heterocycles. The van der Waals surface area contributed by atoms with Crippen LogP contribution < -0.4 is 10.1 Å². The summed E-state index contributed by atoms with van der Waals surface area (Å²) in [5.74, 6) is 0.0273. The number of nitrogens with zero attached hydrogens (tertiary/aromatic N) is 2. The molecule has 32 heavy (non-hydrogen) atoms. The van der Waals surface area contributed by atoms with E-state index >= 15 is 0 Å². The first-order chi connectivity index (χ1) is 15.2. The highest BCUT2D eigenvalue weighted by Crippen LogP contribution is 2.23. The number of sulfonamides is 2. The summed E-state index contributed by atoms with van der Waals surface area (Å²) in [5, 5.41) is 2.80. The van der Waals surface area contributed by atoms with Crippen LogP contribution in [0.1, 0.15) is 39.0 Å². The second-order valence-electron chi connectivity index (χ2n) is 8.17. The van der Waals surface area contributed by atoms with Crippen molar-refractivity contribution in [2.24, 2.45) is 5.92 Å². The van der Waals surface area contributed by atoms with Crippen LogP contribution in [0.2, 0.25) is 0 Å². The van der Waals surface area contributed by atoms with Crippen LogP contribution in [-0.2, 0) is 24.8 Å². The highest BCUT2D eigenvalue weighted by molar-refractivity contribution is 7.89. The van der Waals surface area contributed by atoms with E-state index in [0.29, 0.717) is 38.2 Å². The summed E-state index contributed by atoms with van der Waals surface area (Å²) in [6.07, 6.45) is 4.17. The molecule has 1 N–H and O–H groups in total. The van der Waals surface area contributed by atoms with E-state index in [1.165, 1.54) is 8.61 Å². The fourth-order valence-electron chi connectivity index (χ4n) is 4.04. The van der Waals surface area contributed by atoms with Crippen LogP contribution in [-0.4, -0.2) is 76.4 Å². The molecule has 9 nitrogen and oxygen atoms in total. The fraction of sp³-hybridized carbons (Fsp3) is 0.667. The lowest BCUT2D eigenvalue weighted by Gasteiger charge is -2.30. The van der Waals surface area contributed by atoms with Gasteiger partial charge in [-0.2, -0.15) is 4.31 Å². The minimum Gasteiger partial charge on any atom is -0.492 e. The molecule has 1 aromatic rings. The van der Waals surface area contributed by atoms with E-state index in [2.05, 4.69) is 5.32 Å². The molecule has 1 amide bonds. The van der Waals surface area contributed by atoms with Gasteiger partial charge in [-0.05, 0) is 56.9 Å². The number of hydrogen-bond donors (Lipinski definition) is 1. The molecule has 1 atom stereocenters. The summed E-state index contributed by atoms with van der Waals surface area (Å²) >= 11 is 0. The summed E-state index contributed by atoms with van der Waals surface area (Å²) in [4.78, 5) is 12.7. The summed E-state index contributed by atoms with van der Waals surface area (Å²) < 4.78 is 58.0. The maximum Gasteiger partial charge on any atom is 0.243 e. The Labute approximate surface area is 191 Å². The fourth-order valence-corrected chi connectivity index (χ4v) is 6.74. The smallest absolute Gasteiger partial charge is 0.243 e. The summed E-state index contributed by atoms with van der Waals surface area (Å²) in [6.45, 7) is 3.92. The molecule has 3 rings (SSSR count). The Morgan fingerprint density at radius 2 is 1.66 bits per heavy atom. The standard InChI is InChI=1S/C21H33N3O6S2/c1-2-31(26,27)24-15-6-7-18(17-24)21(25)22-12-16-30-19-8-10-20(11-9-19)32(28,29)23-13-4-3-5-14-23/h8-11,18H,2-7,12-17H2,1H3,(H,22,25). The van der Waals surface area contributed by atoms with E-state index in [1.54, 1.807) is 31.2 Å². The van der Waals surface area contributed by atoms with Crippen molar-refractivity contribution in [3.8, 4) is 5.75 Å². The quantitative estimate of drug-likeness (QED) is 0.527. The molecule has 11 heteroatoms. The van der Waals surface area contributed by atoms with Crippen LogP contribution >= 0.6 is 0 Å². The predicted octanol–water partition coefficient (Wildman–Crippen LogP) is 1.42. The molecule has 1 unspecified atom stereocenters. The van der Waals surface area contributed by atoms with Gasteiger partial charge in [0, 0.05) is 26.2 Å². The van der Waals surface area contributed by atoms with Gasteiger partial charge < -0.3 is 10.1 Å². The highest BCUT2D eigenvalue weighted by atomic mass is 32.2. The van der Waals surface area contributed by atoms with Crippen LogP contribution in [0.4, 0.5) is 0 Å². The number of carbonyl (C=O) groups excluding carboxylic acids is 1. The zero-order chi connectivity index (χ0) is 23.2. The number of piperidine rings is 2. The predicted molar refractivity (Wildman–Crippen MR) is 121 cm³/mol. The van der Waals surface area contributed by atoms with E-state index in [9.17, 15) is 21.6 Å². The van der Waals surface area contributed by atoms with Crippen LogP contribution in [0.5, 0.6) is 5.75 Å². The summed E-state index contributed by atoms with van der Waals surface area (Å²) in [5.41, 5.74) is 0. The van der Waals surface area contributed by atoms with Gasteiger partial charge in [-0.1, -0.05) is 6.42 Å². The lowest BCUT2D eigenvalue weighted by Crippen LogP contribution is -2.46. The van der Waals surface area contributed by atoms with E-state index in [4.69, 9.17) is 4.74 Å². The number of ether oxygens (including phenoxy) is 1. The first kappa shape index (κ1) is 24.9. The Balaban J connectivity index is 1.44. The Morgan fingerprint density at radius 1 is 1.00 bits per heavy atom. The van der Waals surface area contributed by atoms with Crippen LogP contribution in [0.25, 0.3) is 0 Å². The van der Waals surface area contributed by atoms with Crippen LogP contribution in [0.3, 0.4) is 0 Å². The SMILES string of the molecule is CCS(=O)(=O)N1CCCC(C(=O)NCCOc2ccc(S(=O)(=O)N3CCCCC3)cc2)C1. The van der Waals surface area contributed by atoms with Crippen LogP contribution in [0.15, 0.2) is 29.2 Å². The zero-order valence-corrected chi connectivity index (χ0v) is 20.2. The van der Waals surface area contributed by atoms with Gasteiger partial charge in [0.2, 0.25) is 26.0 Å². The van der Waals surface area contributed by atoms with Crippen molar-refractivity contribution in [1.29, 1.82) is 0 Å². The van der Waals surface area contributed by atoms with Gasteiger partial charge in [0.15, 0.2) is 0 Å². The number of carbonyl (C=O) groups is 1. The van der Waals surface area contributed by atoms with Gasteiger partial charge in [0.05, 0.1) is 23.1 Å². The molecule has 0 bridgehead atoms. The molecule has 0 spiro atoms. The Kier molecular flexibility index (Phi) is 8.54. The zero-order valence-electron chi connectivity index (χ0n) is 18.5. The number of nitrogens with one attached hydrogen (secondary N) is 1. The molecule has 2 aliphatic rings. The maximum absolute atomic E-state index is 12.7. The third kappa shape index (κ3) is 6.21. The first-order valence-electron chi connectivity index (χ1n) is 11.2. The third-order valence-electron chi connectivity index (χ3n) is 5.96. The molecule has 0 aliphatic carbocycles. The second-order valence-corrected chi connectivity index (χ2v) is 12.4. The van der Waals surface area contributed by atoms with E-state index in [0.717, 1.165) is 19.3 Å². The third-order valence-corrected chi connectivity index (χ3v) is 9.72. The van der Waals surface area contributed by atoms with Crippen LogP contribution in [0, 0.1) is 5.92 Å². The highest BCUT2D eigenvalue weighted by Gasteiger charge is 2.31. The maximum atomic E-state index is 12.7. The average molecular weight is 488 g/mol. The van der Waals surface area contributed by atoms with E-state index in [1.807, 2.05) is 0 Å². The molecule has 0 aromatic heterocycles. The van der Waals surface area contributed by atoms with Crippen molar-refractivity contribution in [3.05, 3.63) is 24.3 Å². The Bertz CT molecular complexity index is 973. The minimum absolute atomic E-state index is 0.0350. The van der Waals surface area contributed by atoms with Gasteiger partial charge in [-0.25, -0.2) is 21.1 Å². The summed E-state index contributed by atoms with van der Waals surface area (Å²) in [7, 11) is -6.76. The van der Waals surface area contributed by atoms with Gasteiger partial charge >= 0.3 is 0 Å². The Hall–Kier alpha value is -1.69. The van der Waals surface area contributed by atoms with E-state index < -0.39 is 20.0 Å². The molecule has 0 radical (unpaired) electrons. The van der Waals surface area contributed by atoms with Crippen molar-refractivity contribution in [1.82, 2.24) is 13.9 Å². The molecule has 0 saturated carbocycles. The lowest BCUT2D eigenvalue weighted by molar-refractivity contribution is -0.126. The number of rotatable bonds is 9. The monoisotopic (exact) mass is 487 g/mol. The van der Waals surface area contributed by atoms with Gasteiger partial charge in [0.1, 0.15) is 12.4 Å². The second kappa shape index (κ2) is 11.0. The minimum atomic E-state index is -3.47. The topological polar surface area (TPSA) is 113 Å². The number of benzene rings is 1. The van der Waals surface area contributed by atoms with Crippen molar-refractivity contribution in [2.45, 2.75) is 43.9 Å². The molecule has 180 valence electrons. The molecule has 2 aliphatic heterocycles. The molecular formula is C21H33N3O6S2. The van der Waals surface area contributed by atoms with Crippen molar-refractivity contribution in [3.63, 3.8) is 0 Å².